The molecule has 0 amide bonds. The second-order valence-corrected chi connectivity index (χ2v) is 6.36. The first-order valence-electron chi connectivity index (χ1n) is 6.32. The Labute approximate surface area is 119 Å². The number of benzene rings is 2. The van der Waals surface area contributed by atoms with E-state index in [-0.39, 0.29) is 17.2 Å². The number of aromatic hydroxyl groups is 1. The Morgan fingerprint density at radius 1 is 1.05 bits per heavy atom. The van der Waals surface area contributed by atoms with E-state index in [1.807, 2.05) is 13.0 Å². The summed E-state index contributed by atoms with van der Waals surface area (Å²) in [6.45, 7) is 2.15. The number of nitrogens with one attached hydrogen (secondary N) is 1. The van der Waals surface area contributed by atoms with Gasteiger partial charge in [-0.25, -0.2) is 13.1 Å². The van der Waals surface area contributed by atoms with Crippen molar-refractivity contribution in [2.45, 2.75) is 18.2 Å². The third kappa shape index (κ3) is 3.59. The van der Waals surface area contributed by atoms with Gasteiger partial charge in [-0.15, -0.1) is 0 Å². The first-order chi connectivity index (χ1) is 9.49. The molecule has 0 bridgehead atoms. The van der Waals surface area contributed by atoms with Crippen LogP contribution in [0.5, 0.6) is 5.75 Å². The second kappa shape index (κ2) is 6.07. The summed E-state index contributed by atoms with van der Waals surface area (Å²) in [5.74, 6) is 0.182. The van der Waals surface area contributed by atoms with Crippen LogP contribution in [0.25, 0.3) is 0 Å². The van der Waals surface area contributed by atoms with Crippen LogP contribution in [-0.2, 0) is 16.4 Å². The van der Waals surface area contributed by atoms with Gasteiger partial charge >= 0.3 is 0 Å². The molecule has 106 valence electrons. The highest BCUT2D eigenvalue weighted by atomic mass is 32.2. The third-order valence-corrected chi connectivity index (χ3v) is 4.49. The molecule has 0 aliphatic heterocycles. The zero-order valence-electron chi connectivity index (χ0n) is 11.2. The molecule has 0 heterocycles. The maximum absolute atomic E-state index is 12.0. The van der Waals surface area contributed by atoms with Crippen LogP contribution in [0.1, 0.15) is 11.1 Å². The molecule has 2 aromatic rings. The third-order valence-electron chi connectivity index (χ3n) is 3.01. The van der Waals surface area contributed by atoms with E-state index in [2.05, 4.69) is 4.72 Å². The molecule has 4 nitrogen and oxygen atoms in total. The van der Waals surface area contributed by atoms with Gasteiger partial charge < -0.3 is 5.11 Å². The highest BCUT2D eigenvalue weighted by Gasteiger charge is 2.13. The van der Waals surface area contributed by atoms with Gasteiger partial charge in [0.2, 0.25) is 10.0 Å². The quantitative estimate of drug-likeness (QED) is 0.887. The molecule has 0 aromatic heterocycles. The highest BCUT2D eigenvalue weighted by Crippen LogP contribution is 2.16. The van der Waals surface area contributed by atoms with Crippen molar-refractivity contribution in [3.63, 3.8) is 0 Å². The zero-order valence-corrected chi connectivity index (χ0v) is 12.0. The van der Waals surface area contributed by atoms with Crippen LogP contribution in [-0.4, -0.2) is 20.1 Å². The minimum atomic E-state index is -3.49. The van der Waals surface area contributed by atoms with Crippen molar-refractivity contribution in [3.8, 4) is 5.75 Å². The fraction of sp³-hybridized carbons (Fsp3) is 0.200. The number of phenols is 1. The van der Waals surface area contributed by atoms with Crippen molar-refractivity contribution in [1.82, 2.24) is 4.72 Å². The normalized spacial score (nSPS) is 11.4. The molecular weight excluding hydrogens is 274 g/mol. The fourth-order valence-electron chi connectivity index (χ4n) is 1.84. The Hall–Kier alpha value is -1.85. The van der Waals surface area contributed by atoms with Gasteiger partial charge in [0.1, 0.15) is 5.75 Å². The molecule has 0 aliphatic carbocycles. The van der Waals surface area contributed by atoms with E-state index in [1.165, 1.54) is 0 Å². The lowest BCUT2D eigenvalue weighted by molar-refractivity contribution is 0.467. The minimum Gasteiger partial charge on any atom is -0.508 e. The first-order valence-corrected chi connectivity index (χ1v) is 7.80. The molecule has 0 fully saturated rings. The monoisotopic (exact) mass is 291 g/mol. The van der Waals surface area contributed by atoms with Gasteiger partial charge in [0, 0.05) is 6.54 Å². The zero-order chi connectivity index (χ0) is 14.6. The van der Waals surface area contributed by atoms with Gasteiger partial charge in [0.05, 0.1) is 4.90 Å². The molecule has 0 spiro atoms. The largest absolute Gasteiger partial charge is 0.508 e. The molecule has 0 unspecified atom stereocenters. The highest BCUT2D eigenvalue weighted by molar-refractivity contribution is 7.89. The van der Waals surface area contributed by atoms with Gasteiger partial charge in [-0.3, -0.25) is 0 Å². The molecule has 2 N–H and O–H groups in total. The van der Waals surface area contributed by atoms with E-state index in [0.29, 0.717) is 6.42 Å². The standard InChI is InChI=1S/C15H17NO3S/c1-12-6-8-14(9-7-12)20(18,19)16-11-10-13-4-2-3-5-15(13)17/h2-9,16-17H,10-11H2,1H3. The summed E-state index contributed by atoms with van der Waals surface area (Å²) >= 11 is 0. The van der Waals surface area contributed by atoms with Gasteiger partial charge in [-0.1, -0.05) is 35.9 Å². The maximum atomic E-state index is 12.0. The van der Waals surface area contributed by atoms with Gasteiger partial charge in [0.25, 0.3) is 0 Å². The van der Waals surface area contributed by atoms with E-state index < -0.39 is 10.0 Å². The topological polar surface area (TPSA) is 66.4 Å². The molecule has 5 heteroatoms. The summed E-state index contributed by atoms with van der Waals surface area (Å²) in [7, 11) is -3.49. The Morgan fingerprint density at radius 2 is 1.70 bits per heavy atom. The fourth-order valence-corrected chi connectivity index (χ4v) is 2.87. The van der Waals surface area contributed by atoms with Crippen LogP contribution in [0.2, 0.25) is 0 Å². The number of hydrogen-bond acceptors (Lipinski definition) is 3. The molecule has 20 heavy (non-hydrogen) atoms. The van der Waals surface area contributed by atoms with E-state index in [9.17, 15) is 13.5 Å². The van der Waals surface area contributed by atoms with E-state index in [1.54, 1.807) is 42.5 Å². The van der Waals surface area contributed by atoms with E-state index in [0.717, 1.165) is 11.1 Å². The first kappa shape index (κ1) is 14.6. The maximum Gasteiger partial charge on any atom is 0.240 e. The van der Waals surface area contributed by atoms with Crippen molar-refractivity contribution in [1.29, 1.82) is 0 Å². The van der Waals surface area contributed by atoms with Gasteiger partial charge in [-0.2, -0.15) is 0 Å². The van der Waals surface area contributed by atoms with E-state index in [4.69, 9.17) is 0 Å². The Kier molecular flexibility index (Phi) is 4.42. The van der Waals surface area contributed by atoms with Crippen LogP contribution in [0, 0.1) is 6.92 Å². The van der Waals surface area contributed by atoms with Crippen LogP contribution >= 0.6 is 0 Å². The van der Waals surface area contributed by atoms with Crippen molar-refractivity contribution >= 4 is 10.0 Å². The predicted molar refractivity (Wildman–Crippen MR) is 78.2 cm³/mol. The molecular formula is C15H17NO3S. The Morgan fingerprint density at radius 3 is 2.35 bits per heavy atom. The minimum absolute atomic E-state index is 0.182. The smallest absolute Gasteiger partial charge is 0.240 e. The number of para-hydroxylation sites is 1. The molecule has 2 aromatic carbocycles. The van der Waals surface area contributed by atoms with Crippen LogP contribution in [0.4, 0.5) is 0 Å². The summed E-state index contributed by atoms with van der Waals surface area (Å²) in [4.78, 5) is 0.250. The number of aryl methyl sites for hydroxylation is 1. The lowest BCUT2D eigenvalue weighted by Crippen LogP contribution is -2.26. The van der Waals surface area contributed by atoms with Crippen molar-refractivity contribution in [3.05, 3.63) is 59.7 Å². The number of rotatable bonds is 5. The van der Waals surface area contributed by atoms with Crippen LogP contribution < -0.4 is 4.72 Å². The number of hydrogen-bond donors (Lipinski definition) is 2. The average Bonchev–Trinajstić information content (AvgIpc) is 2.41. The van der Waals surface area contributed by atoms with Crippen LogP contribution in [0.3, 0.4) is 0 Å². The van der Waals surface area contributed by atoms with Crippen molar-refractivity contribution in [2.24, 2.45) is 0 Å². The molecule has 0 radical (unpaired) electrons. The lowest BCUT2D eigenvalue weighted by atomic mass is 10.1. The molecule has 0 aliphatic rings. The van der Waals surface area contributed by atoms with E-state index >= 15 is 0 Å². The van der Waals surface area contributed by atoms with Crippen molar-refractivity contribution in [2.75, 3.05) is 6.54 Å². The SMILES string of the molecule is Cc1ccc(S(=O)(=O)NCCc2ccccc2O)cc1. The molecule has 0 atom stereocenters. The number of phenolic OH excluding ortho intramolecular Hbond substituents is 1. The van der Waals surface area contributed by atoms with Crippen LogP contribution in [0.15, 0.2) is 53.4 Å². The number of sulfonamides is 1. The molecule has 0 saturated carbocycles. The summed E-state index contributed by atoms with van der Waals surface area (Å²) in [5.41, 5.74) is 1.73. The molecule has 0 saturated heterocycles. The summed E-state index contributed by atoms with van der Waals surface area (Å²) in [6, 6.07) is 13.6. The summed E-state index contributed by atoms with van der Waals surface area (Å²) in [6.07, 6.45) is 0.442. The predicted octanol–water partition coefficient (Wildman–Crippen LogP) is 2.22. The van der Waals surface area contributed by atoms with Gasteiger partial charge in [0.15, 0.2) is 0 Å². The summed E-state index contributed by atoms with van der Waals surface area (Å²) in [5, 5.41) is 9.61. The second-order valence-electron chi connectivity index (χ2n) is 4.59. The van der Waals surface area contributed by atoms with Crippen molar-refractivity contribution < 1.29 is 13.5 Å². The average molecular weight is 291 g/mol. The Balaban J connectivity index is 2.00. The Bertz CT molecular complexity index is 679. The summed E-state index contributed by atoms with van der Waals surface area (Å²) < 4.78 is 26.6. The van der Waals surface area contributed by atoms with Gasteiger partial charge in [-0.05, 0) is 37.1 Å². The lowest BCUT2D eigenvalue weighted by Gasteiger charge is -2.08. The molecule has 2 rings (SSSR count).